The van der Waals surface area contributed by atoms with Gasteiger partial charge in [-0.25, -0.2) is 0 Å². The average molecular weight is 508 g/mol. The monoisotopic (exact) mass is 507 g/mol. The molecule has 2 aliphatic rings. The summed E-state index contributed by atoms with van der Waals surface area (Å²) in [6.07, 6.45) is 3.51. The number of fused-ring (bicyclic) bond motifs is 1. The van der Waals surface area contributed by atoms with Crippen LogP contribution in [0, 0.1) is 24.3 Å². The number of halogens is 4. The molecule has 1 fully saturated rings. The lowest BCUT2D eigenvalue weighted by Gasteiger charge is -2.16. The highest BCUT2D eigenvalue weighted by Gasteiger charge is 2.45. The first-order chi connectivity index (χ1) is 16.2. The number of alkyl halides is 3. The van der Waals surface area contributed by atoms with E-state index < -0.39 is 13.0 Å². The lowest BCUT2D eigenvalue weighted by atomic mass is 10.1. The van der Waals surface area contributed by atoms with E-state index in [1.54, 1.807) is 6.04 Å². The standard InChI is InChI=1S/C10H15F3N2O3.C9H9ClO.C2H3N.C2H6/c11-10(12,13)18-5-7-4-8(7)9(17)15-3-1-2-14-6-16;10-8-3-4-9-7(6-8)2-1-5-11-9;1-2-3;1-2/h6-8H,1-5H2,(H,14,16)(H,15,17);3-4,6H,1-2,5H2;1H,3H2;1-2H3. The third kappa shape index (κ3) is 14.5. The molecule has 2 unspecified atom stereocenters. The maximum Gasteiger partial charge on any atom is 0.522 e. The first kappa shape index (κ1) is 31.4. The van der Waals surface area contributed by atoms with Crippen LogP contribution in [0.5, 0.6) is 5.75 Å². The molecule has 2 amide bonds. The van der Waals surface area contributed by atoms with Gasteiger partial charge in [-0.1, -0.05) is 31.9 Å². The van der Waals surface area contributed by atoms with Gasteiger partial charge in [-0.2, -0.15) is 0 Å². The number of carbonyl (C=O) groups excluding carboxylic acids is 2. The van der Waals surface area contributed by atoms with Crippen molar-refractivity contribution in [2.75, 3.05) is 26.3 Å². The lowest BCUT2D eigenvalue weighted by molar-refractivity contribution is -0.326. The summed E-state index contributed by atoms with van der Waals surface area (Å²) in [6, 6.07) is 7.54. The van der Waals surface area contributed by atoms with Gasteiger partial charge >= 0.3 is 6.36 Å². The maximum absolute atomic E-state index is 11.7. The summed E-state index contributed by atoms with van der Waals surface area (Å²) in [6.45, 7) is 5.22. The zero-order valence-corrected chi connectivity index (χ0v) is 20.2. The van der Waals surface area contributed by atoms with Crippen molar-refractivity contribution in [1.29, 1.82) is 0 Å². The van der Waals surface area contributed by atoms with Crippen LogP contribution in [0.2, 0.25) is 5.02 Å². The van der Waals surface area contributed by atoms with Crippen molar-refractivity contribution in [3.05, 3.63) is 28.8 Å². The van der Waals surface area contributed by atoms with Gasteiger partial charge in [-0.05, 0) is 61.4 Å². The number of terminal acetylenes is 1. The Hall–Kier alpha value is -2.64. The van der Waals surface area contributed by atoms with E-state index in [1.165, 1.54) is 5.56 Å². The molecule has 1 saturated carbocycles. The second kappa shape index (κ2) is 17.8. The normalized spacial score (nSPS) is 17.2. The Morgan fingerprint density at radius 2 is 2.06 bits per heavy atom. The predicted molar refractivity (Wildman–Crippen MR) is 125 cm³/mol. The molecule has 0 bridgehead atoms. The lowest BCUT2D eigenvalue weighted by Crippen LogP contribution is -2.29. The second-order valence-electron chi connectivity index (χ2n) is 6.95. The molecule has 1 aliphatic carbocycles. The molecule has 192 valence electrons. The van der Waals surface area contributed by atoms with Gasteiger partial charge in [0.05, 0.1) is 13.2 Å². The quantitative estimate of drug-likeness (QED) is 0.216. The largest absolute Gasteiger partial charge is 0.522 e. The summed E-state index contributed by atoms with van der Waals surface area (Å²) in [5.74, 6) is 0.0173. The van der Waals surface area contributed by atoms with Crippen molar-refractivity contribution in [2.45, 2.75) is 45.9 Å². The molecule has 0 spiro atoms. The smallest absolute Gasteiger partial charge is 0.493 e. The second-order valence-corrected chi connectivity index (χ2v) is 7.38. The van der Waals surface area contributed by atoms with Crippen LogP contribution in [-0.4, -0.2) is 45.0 Å². The molecule has 0 radical (unpaired) electrons. The van der Waals surface area contributed by atoms with Crippen LogP contribution < -0.4 is 21.1 Å². The summed E-state index contributed by atoms with van der Waals surface area (Å²) in [7, 11) is 0. The molecule has 3 rings (SSSR count). The van der Waals surface area contributed by atoms with E-state index in [4.69, 9.17) is 16.3 Å². The van der Waals surface area contributed by atoms with Crippen LogP contribution in [0.1, 0.15) is 38.7 Å². The topological polar surface area (TPSA) is 103 Å². The van der Waals surface area contributed by atoms with Gasteiger partial charge in [-0.15, -0.1) is 13.2 Å². The molecule has 34 heavy (non-hydrogen) atoms. The van der Waals surface area contributed by atoms with Crippen molar-refractivity contribution in [2.24, 2.45) is 17.6 Å². The number of aryl methyl sites for hydroxylation is 1. The molecule has 1 aromatic carbocycles. The summed E-state index contributed by atoms with van der Waals surface area (Å²) in [4.78, 5) is 21.3. The number of benzene rings is 1. The Morgan fingerprint density at radius 1 is 1.38 bits per heavy atom. The minimum absolute atomic E-state index is 0.253. The number of ether oxygens (including phenoxy) is 2. The molecule has 11 heteroatoms. The summed E-state index contributed by atoms with van der Waals surface area (Å²) in [5, 5.41) is 5.83. The number of nitrogens with two attached hydrogens (primary N) is 1. The Morgan fingerprint density at radius 3 is 2.68 bits per heavy atom. The molecule has 2 atom stereocenters. The summed E-state index contributed by atoms with van der Waals surface area (Å²) >= 11 is 5.82. The van der Waals surface area contributed by atoms with Crippen molar-refractivity contribution in [3.63, 3.8) is 0 Å². The van der Waals surface area contributed by atoms with E-state index in [2.05, 4.69) is 27.5 Å². The molecule has 1 aromatic rings. The van der Waals surface area contributed by atoms with E-state index in [9.17, 15) is 22.8 Å². The van der Waals surface area contributed by atoms with Crippen LogP contribution in [0.15, 0.2) is 18.2 Å². The van der Waals surface area contributed by atoms with Crippen molar-refractivity contribution < 1.29 is 32.2 Å². The van der Waals surface area contributed by atoms with Crippen molar-refractivity contribution in [3.8, 4) is 18.2 Å². The highest BCUT2D eigenvalue weighted by Crippen LogP contribution is 2.39. The van der Waals surface area contributed by atoms with Crippen LogP contribution >= 0.6 is 11.6 Å². The third-order valence-electron chi connectivity index (χ3n) is 4.47. The first-order valence-electron chi connectivity index (χ1n) is 10.9. The zero-order valence-electron chi connectivity index (χ0n) is 19.4. The van der Waals surface area contributed by atoms with Gasteiger partial charge in [-0.3, -0.25) is 14.3 Å². The van der Waals surface area contributed by atoms with Gasteiger partial charge < -0.3 is 21.1 Å². The summed E-state index contributed by atoms with van der Waals surface area (Å²) in [5.41, 5.74) is 5.61. The predicted octanol–water partition coefficient (Wildman–Crippen LogP) is 3.64. The number of hydrogen-bond acceptors (Lipinski definition) is 5. The Labute approximate surface area is 203 Å². The minimum Gasteiger partial charge on any atom is -0.493 e. The Bertz CT molecular complexity index is 773. The number of amides is 2. The van der Waals surface area contributed by atoms with E-state index >= 15 is 0 Å². The van der Waals surface area contributed by atoms with Crippen LogP contribution in [0.4, 0.5) is 13.2 Å². The molecule has 7 nitrogen and oxygen atoms in total. The Balaban J connectivity index is 0.000000575. The maximum atomic E-state index is 11.7. The van der Waals surface area contributed by atoms with Crippen LogP contribution in [-0.2, 0) is 20.7 Å². The average Bonchev–Trinajstić information content (AvgIpc) is 3.59. The van der Waals surface area contributed by atoms with E-state index in [0.717, 1.165) is 30.2 Å². The Kier molecular flexibility index (Phi) is 16.4. The highest BCUT2D eigenvalue weighted by molar-refractivity contribution is 6.30. The molecule has 4 N–H and O–H groups in total. The number of carbonyl (C=O) groups is 2. The molecule has 1 aliphatic heterocycles. The van der Waals surface area contributed by atoms with E-state index in [0.29, 0.717) is 32.3 Å². The number of rotatable bonds is 8. The first-order valence-corrected chi connectivity index (χ1v) is 11.3. The third-order valence-corrected chi connectivity index (χ3v) is 4.71. The van der Waals surface area contributed by atoms with E-state index in [-0.39, 0.29) is 17.7 Å². The zero-order chi connectivity index (χ0) is 26.0. The molecular weight excluding hydrogens is 475 g/mol. The van der Waals surface area contributed by atoms with E-state index in [1.807, 2.05) is 32.0 Å². The van der Waals surface area contributed by atoms with Gasteiger partial charge in [0.2, 0.25) is 12.3 Å². The van der Waals surface area contributed by atoms with Crippen molar-refractivity contribution >= 4 is 23.9 Å². The fourth-order valence-electron chi connectivity index (χ4n) is 2.88. The summed E-state index contributed by atoms with van der Waals surface area (Å²) < 4.78 is 44.3. The molecule has 0 saturated heterocycles. The van der Waals surface area contributed by atoms with Crippen molar-refractivity contribution in [1.82, 2.24) is 10.6 Å². The van der Waals surface area contributed by atoms with Gasteiger partial charge in [0.1, 0.15) is 5.75 Å². The molecule has 0 aromatic heterocycles. The van der Waals surface area contributed by atoms with Gasteiger partial charge in [0.15, 0.2) is 0 Å². The van der Waals surface area contributed by atoms with Gasteiger partial charge in [0, 0.05) is 24.0 Å². The minimum atomic E-state index is -4.63. The van der Waals surface area contributed by atoms with Gasteiger partial charge in [0.25, 0.3) is 0 Å². The number of hydrogen-bond donors (Lipinski definition) is 3. The highest BCUT2D eigenvalue weighted by atomic mass is 35.5. The molecule has 1 heterocycles. The molecular formula is C23H33ClF3N3O4. The van der Waals surface area contributed by atoms with Crippen LogP contribution in [0.25, 0.3) is 0 Å². The fraction of sp³-hybridized carbons (Fsp3) is 0.565. The SMILES string of the molecule is C#CN.CC.Clc1ccc2c(c1)CCCO2.O=CNCCCNC(=O)C1CC1COC(F)(F)F. The fourth-order valence-corrected chi connectivity index (χ4v) is 3.07. The number of nitrogens with one attached hydrogen (secondary N) is 2. The van der Waals surface area contributed by atoms with Crippen LogP contribution in [0.3, 0.4) is 0 Å².